The quantitative estimate of drug-likeness (QED) is 0.442. The predicted molar refractivity (Wildman–Crippen MR) is 83.0 cm³/mol. The van der Waals surface area contributed by atoms with Crippen LogP contribution < -0.4 is 16.4 Å². The van der Waals surface area contributed by atoms with Gasteiger partial charge in [-0.15, -0.1) is 0 Å². The summed E-state index contributed by atoms with van der Waals surface area (Å²) in [5.74, 6) is -1.20. The van der Waals surface area contributed by atoms with Crippen molar-refractivity contribution in [2.75, 3.05) is 18.6 Å². The fourth-order valence-corrected chi connectivity index (χ4v) is 2.19. The summed E-state index contributed by atoms with van der Waals surface area (Å²) in [6, 6.07) is -1.72. The molecular weight excluding hydrogens is 294 g/mol. The molecule has 0 rings (SSSR count). The van der Waals surface area contributed by atoms with Crippen molar-refractivity contribution in [2.45, 2.75) is 38.8 Å². The maximum atomic E-state index is 12.2. The molecule has 0 unspecified atom stereocenters. The molecule has 0 saturated heterocycles. The molecule has 0 aliphatic carbocycles. The van der Waals surface area contributed by atoms with Crippen molar-refractivity contribution in [3.63, 3.8) is 0 Å². The lowest BCUT2D eigenvalue weighted by Gasteiger charge is -2.22. The van der Waals surface area contributed by atoms with E-state index in [1.807, 2.05) is 20.1 Å². The van der Waals surface area contributed by atoms with E-state index in [0.717, 1.165) is 0 Å². The first kappa shape index (κ1) is 19.7. The first-order valence-corrected chi connectivity index (χ1v) is 8.22. The standard InChI is InChI=1S/C13H25N3O4S/c1-8(2)6-10(13(19)20)16-12(18)9(4-5-21-3)15-11(17)7-14/h8-10H,4-7,14H2,1-3H3,(H,15,17)(H,16,18)(H,19,20)/t9-,10-/m0/s1. The number of hydrogen-bond acceptors (Lipinski definition) is 5. The van der Waals surface area contributed by atoms with Crippen LogP contribution >= 0.6 is 11.8 Å². The van der Waals surface area contributed by atoms with Crippen molar-refractivity contribution >= 4 is 29.5 Å². The molecule has 122 valence electrons. The van der Waals surface area contributed by atoms with Crippen molar-refractivity contribution in [1.82, 2.24) is 10.6 Å². The minimum atomic E-state index is -1.08. The molecule has 8 heteroatoms. The fourth-order valence-electron chi connectivity index (χ4n) is 1.72. The van der Waals surface area contributed by atoms with Gasteiger partial charge in [0.1, 0.15) is 12.1 Å². The molecule has 5 N–H and O–H groups in total. The van der Waals surface area contributed by atoms with Gasteiger partial charge < -0.3 is 21.5 Å². The van der Waals surface area contributed by atoms with E-state index >= 15 is 0 Å². The number of amides is 2. The van der Waals surface area contributed by atoms with Crippen LogP contribution in [0.25, 0.3) is 0 Å². The lowest BCUT2D eigenvalue weighted by atomic mass is 10.0. The van der Waals surface area contributed by atoms with Gasteiger partial charge in [0, 0.05) is 0 Å². The average molecular weight is 319 g/mol. The summed E-state index contributed by atoms with van der Waals surface area (Å²) < 4.78 is 0. The number of nitrogens with one attached hydrogen (secondary N) is 2. The highest BCUT2D eigenvalue weighted by Crippen LogP contribution is 2.07. The SMILES string of the molecule is CSCC[C@H](NC(=O)CN)C(=O)N[C@@H](CC(C)C)C(=O)O. The number of hydrogen-bond donors (Lipinski definition) is 4. The summed E-state index contributed by atoms with van der Waals surface area (Å²) in [7, 11) is 0. The summed E-state index contributed by atoms with van der Waals surface area (Å²) in [6.07, 6.45) is 2.65. The second kappa shape index (κ2) is 10.4. The van der Waals surface area contributed by atoms with Gasteiger partial charge in [0.25, 0.3) is 0 Å². The summed E-state index contributed by atoms with van der Waals surface area (Å²) in [5, 5.41) is 14.1. The van der Waals surface area contributed by atoms with E-state index in [2.05, 4.69) is 10.6 Å². The third-order valence-electron chi connectivity index (χ3n) is 2.77. The van der Waals surface area contributed by atoms with Crippen molar-refractivity contribution < 1.29 is 19.5 Å². The zero-order valence-corrected chi connectivity index (χ0v) is 13.5. The van der Waals surface area contributed by atoms with E-state index < -0.39 is 29.9 Å². The molecule has 0 fully saturated rings. The summed E-state index contributed by atoms with van der Waals surface area (Å²) in [4.78, 5) is 34.7. The van der Waals surface area contributed by atoms with Crippen molar-refractivity contribution in [2.24, 2.45) is 11.7 Å². The number of thioether (sulfide) groups is 1. The Bertz CT molecular complexity index is 363. The smallest absolute Gasteiger partial charge is 0.326 e. The Morgan fingerprint density at radius 2 is 1.81 bits per heavy atom. The van der Waals surface area contributed by atoms with E-state index in [4.69, 9.17) is 10.8 Å². The number of carboxylic acids is 1. The monoisotopic (exact) mass is 319 g/mol. The van der Waals surface area contributed by atoms with Gasteiger partial charge in [0.2, 0.25) is 11.8 Å². The molecule has 0 saturated carbocycles. The predicted octanol–water partition coefficient (Wildman–Crippen LogP) is -0.201. The lowest BCUT2D eigenvalue weighted by Crippen LogP contribution is -2.53. The third kappa shape index (κ3) is 8.56. The van der Waals surface area contributed by atoms with Crippen LogP contribution in [-0.2, 0) is 14.4 Å². The minimum absolute atomic E-state index is 0.134. The van der Waals surface area contributed by atoms with Gasteiger partial charge >= 0.3 is 5.97 Å². The molecule has 0 aromatic carbocycles. The number of nitrogens with two attached hydrogens (primary N) is 1. The third-order valence-corrected chi connectivity index (χ3v) is 3.41. The molecule has 0 aromatic rings. The van der Waals surface area contributed by atoms with Gasteiger partial charge in [-0.1, -0.05) is 13.8 Å². The first-order chi connectivity index (χ1) is 9.81. The molecule has 0 aromatic heterocycles. The molecule has 21 heavy (non-hydrogen) atoms. The number of carboxylic acid groups (broad SMARTS) is 1. The van der Waals surface area contributed by atoms with Crippen LogP contribution in [0.4, 0.5) is 0 Å². The van der Waals surface area contributed by atoms with Gasteiger partial charge in [-0.3, -0.25) is 9.59 Å². The molecule has 0 spiro atoms. The van der Waals surface area contributed by atoms with Crippen LogP contribution in [-0.4, -0.2) is 53.5 Å². The van der Waals surface area contributed by atoms with E-state index in [0.29, 0.717) is 18.6 Å². The van der Waals surface area contributed by atoms with Crippen LogP contribution in [0.2, 0.25) is 0 Å². The highest BCUT2D eigenvalue weighted by Gasteiger charge is 2.26. The van der Waals surface area contributed by atoms with Crippen molar-refractivity contribution in [3.05, 3.63) is 0 Å². The van der Waals surface area contributed by atoms with Crippen LogP contribution in [0.15, 0.2) is 0 Å². The topological polar surface area (TPSA) is 122 Å². The summed E-state index contributed by atoms with van der Waals surface area (Å²) >= 11 is 1.54. The molecule has 0 heterocycles. The molecule has 0 radical (unpaired) electrons. The highest BCUT2D eigenvalue weighted by atomic mass is 32.2. The fraction of sp³-hybridized carbons (Fsp3) is 0.769. The Hall–Kier alpha value is -1.28. The Morgan fingerprint density at radius 1 is 1.19 bits per heavy atom. The zero-order valence-electron chi connectivity index (χ0n) is 12.7. The van der Waals surface area contributed by atoms with Crippen LogP contribution in [0.1, 0.15) is 26.7 Å². The van der Waals surface area contributed by atoms with Crippen LogP contribution in [0.3, 0.4) is 0 Å². The largest absolute Gasteiger partial charge is 0.480 e. The van der Waals surface area contributed by atoms with Gasteiger partial charge in [-0.25, -0.2) is 4.79 Å². The van der Waals surface area contributed by atoms with E-state index in [1.165, 1.54) is 11.8 Å². The van der Waals surface area contributed by atoms with Crippen LogP contribution in [0.5, 0.6) is 0 Å². The lowest BCUT2D eigenvalue weighted by molar-refractivity contribution is -0.142. The van der Waals surface area contributed by atoms with Gasteiger partial charge in [-0.2, -0.15) is 11.8 Å². The second-order valence-corrected chi connectivity index (χ2v) is 6.12. The minimum Gasteiger partial charge on any atom is -0.480 e. The maximum absolute atomic E-state index is 12.2. The molecule has 2 atom stereocenters. The molecule has 2 amide bonds. The molecule has 0 bridgehead atoms. The van der Waals surface area contributed by atoms with Crippen molar-refractivity contribution in [1.29, 1.82) is 0 Å². The van der Waals surface area contributed by atoms with Gasteiger partial charge in [0.05, 0.1) is 6.54 Å². The molecule has 0 aliphatic heterocycles. The molecule has 0 aliphatic rings. The van der Waals surface area contributed by atoms with E-state index in [1.54, 1.807) is 0 Å². The Balaban J connectivity index is 4.74. The number of carbonyl (C=O) groups excluding carboxylic acids is 2. The molecular formula is C13H25N3O4S. The number of aliphatic carboxylic acids is 1. The summed E-state index contributed by atoms with van der Waals surface area (Å²) in [6.45, 7) is 3.55. The normalized spacial score (nSPS) is 13.6. The Morgan fingerprint density at radius 3 is 2.24 bits per heavy atom. The average Bonchev–Trinajstić information content (AvgIpc) is 2.41. The maximum Gasteiger partial charge on any atom is 0.326 e. The Kier molecular flexibility index (Phi) is 9.81. The number of carbonyl (C=O) groups is 3. The molecule has 7 nitrogen and oxygen atoms in total. The van der Waals surface area contributed by atoms with Crippen molar-refractivity contribution in [3.8, 4) is 0 Å². The van der Waals surface area contributed by atoms with Gasteiger partial charge in [0.15, 0.2) is 0 Å². The van der Waals surface area contributed by atoms with Crippen LogP contribution in [0, 0.1) is 5.92 Å². The van der Waals surface area contributed by atoms with Gasteiger partial charge in [-0.05, 0) is 30.8 Å². The van der Waals surface area contributed by atoms with E-state index in [-0.39, 0.29) is 12.5 Å². The zero-order chi connectivity index (χ0) is 16.4. The van der Waals surface area contributed by atoms with E-state index in [9.17, 15) is 14.4 Å². The highest BCUT2D eigenvalue weighted by molar-refractivity contribution is 7.98. The number of rotatable bonds is 10. The Labute approximate surface area is 129 Å². The second-order valence-electron chi connectivity index (χ2n) is 5.13. The summed E-state index contributed by atoms with van der Waals surface area (Å²) in [5.41, 5.74) is 5.22. The first-order valence-electron chi connectivity index (χ1n) is 6.83.